The van der Waals surface area contributed by atoms with Gasteiger partial charge in [0.25, 0.3) is 0 Å². The summed E-state index contributed by atoms with van der Waals surface area (Å²) in [5.41, 5.74) is 0. The topological polar surface area (TPSA) is 76.0 Å². The van der Waals surface area contributed by atoms with Gasteiger partial charge in [0.05, 0.1) is 6.20 Å². The first-order valence-corrected chi connectivity index (χ1v) is 9.59. The maximum atomic E-state index is 12.2. The van der Waals surface area contributed by atoms with Gasteiger partial charge in [-0.1, -0.05) is 6.92 Å². The predicted octanol–water partition coefficient (Wildman–Crippen LogP) is 0.913. The number of aryl methyl sites for hydroxylation is 1. The Labute approximate surface area is 125 Å². The summed E-state index contributed by atoms with van der Waals surface area (Å²) in [4.78, 5) is 0.238. The summed E-state index contributed by atoms with van der Waals surface area (Å²) in [5, 5.41) is 7.15. The summed E-state index contributed by atoms with van der Waals surface area (Å²) in [6.07, 6.45) is 6.65. The lowest BCUT2D eigenvalue weighted by atomic mass is 10.3. The molecule has 0 radical (unpaired) electrons. The molecule has 0 aliphatic rings. The van der Waals surface area contributed by atoms with Gasteiger partial charge in [-0.2, -0.15) is 16.9 Å². The summed E-state index contributed by atoms with van der Waals surface area (Å²) in [6.45, 7) is 3.56. The van der Waals surface area contributed by atoms with Gasteiger partial charge in [-0.15, -0.1) is 0 Å². The quantitative estimate of drug-likeness (QED) is 0.627. The molecule has 1 atom stereocenters. The van der Waals surface area contributed by atoms with Crippen molar-refractivity contribution in [1.29, 1.82) is 0 Å². The van der Waals surface area contributed by atoms with E-state index in [0.717, 1.165) is 25.1 Å². The molecule has 6 nitrogen and oxygen atoms in total. The fraction of sp³-hybridized carbons (Fsp3) is 0.750. The number of hydrogen-bond acceptors (Lipinski definition) is 5. The smallest absolute Gasteiger partial charge is 0.243 e. The molecule has 1 aromatic heterocycles. The molecule has 1 rings (SSSR count). The number of hydrogen-bond donors (Lipinski definition) is 2. The highest BCUT2D eigenvalue weighted by Crippen LogP contribution is 2.11. The van der Waals surface area contributed by atoms with Crippen LogP contribution >= 0.6 is 11.8 Å². The molecule has 0 aromatic carbocycles. The Balaban J connectivity index is 2.67. The molecule has 1 aromatic rings. The van der Waals surface area contributed by atoms with E-state index in [1.54, 1.807) is 22.6 Å². The second-order valence-corrected chi connectivity index (χ2v) is 7.20. The van der Waals surface area contributed by atoms with E-state index in [0.29, 0.717) is 6.54 Å². The normalized spacial score (nSPS) is 13.6. The SMILES string of the molecule is CCC(CSC)NS(=O)(=O)c1cnn(CCCNC)c1. The van der Waals surface area contributed by atoms with Crippen molar-refractivity contribution in [3.8, 4) is 0 Å². The van der Waals surface area contributed by atoms with Crippen LogP contribution in [0.25, 0.3) is 0 Å². The summed E-state index contributed by atoms with van der Waals surface area (Å²) < 4.78 is 28.9. The highest BCUT2D eigenvalue weighted by Gasteiger charge is 2.20. The molecular formula is C12H24N4O2S2. The summed E-state index contributed by atoms with van der Waals surface area (Å²) in [7, 11) is -1.58. The van der Waals surface area contributed by atoms with Crippen LogP contribution < -0.4 is 10.0 Å². The van der Waals surface area contributed by atoms with Gasteiger partial charge in [0, 0.05) is 24.5 Å². The third-order valence-corrected chi connectivity index (χ3v) is 5.13. The molecule has 0 spiro atoms. The molecule has 1 heterocycles. The average molecular weight is 320 g/mol. The minimum atomic E-state index is -3.47. The maximum Gasteiger partial charge on any atom is 0.243 e. The standard InChI is InChI=1S/C12H24N4O2S2/c1-4-11(10-19-3)15-20(17,18)12-8-14-16(9-12)7-5-6-13-2/h8-9,11,13,15H,4-7,10H2,1-3H3. The largest absolute Gasteiger partial charge is 0.320 e. The molecule has 20 heavy (non-hydrogen) atoms. The lowest BCUT2D eigenvalue weighted by Crippen LogP contribution is -2.35. The minimum Gasteiger partial charge on any atom is -0.320 e. The Morgan fingerprint density at radius 3 is 2.85 bits per heavy atom. The van der Waals surface area contributed by atoms with Crippen molar-refractivity contribution in [3.05, 3.63) is 12.4 Å². The Morgan fingerprint density at radius 1 is 1.50 bits per heavy atom. The molecule has 0 saturated heterocycles. The van der Waals surface area contributed by atoms with Crippen molar-refractivity contribution < 1.29 is 8.42 Å². The zero-order chi connectivity index (χ0) is 15.0. The molecule has 0 aliphatic heterocycles. The van der Waals surface area contributed by atoms with Crippen LogP contribution in [0.1, 0.15) is 19.8 Å². The van der Waals surface area contributed by atoms with E-state index in [-0.39, 0.29) is 10.9 Å². The van der Waals surface area contributed by atoms with E-state index in [9.17, 15) is 8.42 Å². The molecule has 0 bridgehead atoms. The maximum absolute atomic E-state index is 12.2. The molecule has 0 aliphatic carbocycles. The summed E-state index contributed by atoms with van der Waals surface area (Å²) in [6, 6.07) is -0.0392. The van der Waals surface area contributed by atoms with Crippen LogP contribution in [0.3, 0.4) is 0 Å². The monoisotopic (exact) mass is 320 g/mol. The van der Waals surface area contributed by atoms with Crippen molar-refractivity contribution in [1.82, 2.24) is 19.8 Å². The third kappa shape index (κ3) is 5.43. The van der Waals surface area contributed by atoms with E-state index in [1.165, 1.54) is 6.20 Å². The van der Waals surface area contributed by atoms with Gasteiger partial charge in [0.2, 0.25) is 10.0 Å². The van der Waals surface area contributed by atoms with Crippen LogP contribution in [-0.2, 0) is 16.6 Å². The number of nitrogens with one attached hydrogen (secondary N) is 2. The molecule has 0 fully saturated rings. The Hall–Kier alpha value is -0.570. The van der Waals surface area contributed by atoms with Gasteiger partial charge in [-0.3, -0.25) is 4.68 Å². The van der Waals surface area contributed by atoms with Crippen LogP contribution in [0.5, 0.6) is 0 Å². The summed E-state index contributed by atoms with van der Waals surface area (Å²) >= 11 is 1.63. The minimum absolute atomic E-state index is 0.0392. The Morgan fingerprint density at radius 2 is 2.25 bits per heavy atom. The van der Waals surface area contributed by atoms with Crippen LogP contribution in [0.4, 0.5) is 0 Å². The Bertz CT molecular complexity index is 487. The molecule has 1 unspecified atom stereocenters. The van der Waals surface area contributed by atoms with Crippen LogP contribution in [-0.4, -0.2) is 49.8 Å². The number of aromatic nitrogens is 2. The lowest BCUT2D eigenvalue weighted by Gasteiger charge is -2.14. The average Bonchev–Trinajstić information content (AvgIpc) is 2.88. The molecule has 0 saturated carbocycles. The second-order valence-electron chi connectivity index (χ2n) is 4.58. The number of thioether (sulfide) groups is 1. The van der Waals surface area contributed by atoms with Gasteiger partial charge in [-0.25, -0.2) is 13.1 Å². The molecule has 116 valence electrons. The van der Waals surface area contributed by atoms with Gasteiger partial charge >= 0.3 is 0 Å². The fourth-order valence-corrected chi connectivity index (χ4v) is 3.85. The van der Waals surface area contributed by atoms with Gasteiger partial charge < -0.3 is 5.32 Å². The molecule has 2 N–H and O–H groups in total. The van der Waals surface area contributed by atoms with Crippen LogP contribution in [0, 0.1) is 0 Å². The van der Waals surface area contributed by atoms with Crippen molar-refractivity contribution in [2.75, 3.05) is 25.6 Å². The van der Waals surface area contributed by atoms with E-state index < -0.39 is 10.0 Å². The van der Waals surface area contributed by atoms with E-state index in [2.05, 4.69) is 15.1 Å². The zero-order valence-corrected chi connectivity index (χ0v) is 13.9. The molecule has 8 heteroatoms. The Kier molecular flexibility index (Phi) is 7.57. The number of sulfonamides is 1. The van der Waals surface area contributed by atoms with Gasteiger partial charge in [0.15, 0.2) is 0 Å². The lowest BCUT2D eigenvalue weighted by molar-refractivity contribution is 0.553. The number of rotatable bonds is 10. The van der Waals surface area contributed by atoms with Crippen LogP contribution in [0.15, 0.2) is 17.3 Å². The molecule has 0 amide bonds. The zero-order valence-electron chi connectivity index (χ0n) is 12.3. The van der Waals surface area contributed by atoms with Crippen molar-refractivity contribution >= 4 is 21.8 Å². The van der Waals surface area contributed by atoms with Crippen molar-refractivity contribution in [2.45, 2.75) is 37.2 Å². The first kappa shape index (κ1) is 17.5. The summed E-state index contributed by atoms with van der Waals surface area (Å²) in [5.74, 6) is 0.770. The van der Waals surface area contributed by atoms with Crippen LogP contribution in [0.2, 0.25) is 0 Å². The second kappa shape index (κ2) is 8.66. The predicted molar refractivity (Wildman–Crippen MR) is 83.6 cm³/mol. The number of nitrogens with zero attached hydrogens (tertiary/aromatic N) is 2. The van der Waals surface area contributed by atoms with Gasteiger partial charge in [-0.05, 0) is 32.7 Å². The third-order valence-electron chi connectivity index (χ3n) is 2.92. The first-order valence-electron chi connectivity index (χ1n) is 6.71. The molecular weight excluding hydrogens is 296 g/mol. The van der Waals surface area contributed by atoms with E-state index in [4.69, 9.17) is 0 Å². The highest BCUT2D eigenvalue weighted by atomic mass is 32.2. The van der Waals surface area contributed by atoms with E-state index >= 15 is 0 Å². The van der Waals surface area contributed by atoms with E-state index in [1.807, 2.05) is 20.2 Å². The van der Waals surface area contributed by atoms with Gasteiger partial charge in [0.1, 0.15) is 4.90 Å². The fourth-order valence-electron chi connectivity index (χ4n) is 1.75. The highest BCUT2D eigenvalue weighted by molar-refractivity contribution is 7.98. The first-order chi connectivity index (χ1) is 9.53. The van der Waals surface area contributed by atoms with Crippen molar-refractivity contribution in [2.24, 2.45) is 0 Å². The van der Waals surface area contributed by atoms with Crippen molar-refractivity contribution in [3.63, 3.8) is 0 Å².